The first-order valence-electron chi connectivity index (χ1n) is 4.32. The second kappa shape index (κ2) is 3.77. The van der Waals surface area contributed by atoms with Crippen molar-refractivity contribution in [3.05, 3.63) is 46.2 Å². The molecule has 3 nitrogen and oxygen atoms in total. The molecule has 4 heteroatoms. The van der Waals surface area contributed by atoms with Crippen molar-refractivity contribution >= 4 is 11.3 Å². The highest BCUT2D eigenvalue weighted by molar-refractivity contribution is 7.07. The summed E-state index contributed by atoms with van der Waals surface area (Å²) in [7, 11) is 0. The Balaban J connectivity index is 2.62. The van der Waals surface area contributed by atoms with Crippen molar-refractivity contribution in [3.63, 3.8) is 0 Å². The third kappa shape index (κ3) is 1.49. The predicted octanol–water partition coefficient (Wildman–Crippen LogP) is 1.48. The first kappa shape index (κ1) is 9.18. The highest BCUT2D eigenvalue weighted by Gasteiger charge is 2.02. The molecule has 0 aliphatic rings. The van der Waals surface area contributed by atoms with Crippen molar-refractivity contribution in [2.24, 2.45) is 5.73 Å². The van der Waals surface area contributed by atoms with Gasteiger partial charge in [-0.1, -0.05) is 18.2 Å². The molecule has 14 heavy (non-hydrogen) atoms. The van der Waals surface area contributed by atoms with Crippen LogP contribution in [0.25, 0.3) is 5.69 Å². The summed E-state index contributed by atoms with van der Waals surface area (Å²) >= 11 is 1.41. The predicted molar refractivity (Wildman–Crippen MR) is 57.4 cm³/mol. The van der Waals surface area contributed by atoms with Crippen LogP contribution in [0.2, 0.25) is 0 Å². The lowest BCUT2D eigenvalue weighted by atomic mass is 10.2. The molecule has 0 aliphatic carbocycles. The minimum absolute atomic E-state index is 0.498. The zero-order chi connectivity index (χ0) is 9.97. The molecule has 1 aromatic heterocycles. The van der Waals surface area contributed by atoms with Gasteiger partial charge in [-0.25, -0.2) is 0 Å². The van der Waals surface area contributed by atoms with Crippen molar-refractivity contribution < 1.29 is 0 Å². The van der Waals surface area contributed by atoms with Gasteiger partial charge < -0.3 is 5.73 Å². The van der Waals surface area contributed by atoms with Gasteiger partial charge >= 0.3 is 0 Å². The van der Waals surface area contributed by atoms with E-state index in [1.165, 1.54) is 11.3 Å². The average Bonchev–Trinajstić information content (AvgIpc) is 2.64. The minimum Gasteiger partial charge on any atom is -0.326 e. The molecular formula is C10H11N3S. The van der Waals surface area contributed by atoms with E-state index >= 15 is 0 Å². The van der Waals surface area contributed by atoms with E-state index in [0.717, 1.165) is 11.3 Å². The molecule has 0 bridgehead atoms. The smallest absolute Gasteiger partial charge is 0.186 e. The normalized spacial score (nSPS) is 10.4. The van der Waals surface area contributed by atoms with Gasteiger partial charge in [0.1, 0.15) is 0 Å². The van der Waals surface area contributed by atoms with Crippen LogP contribution in [0.5, 0.6) is 0 Å². The molecule has 2 rings (SSSR count). The lowest BCUT2D eigenvalue weighted by Gasteiger charge is -2.07. The highest BCUT2D eigenvalue weighted by Crippen LogP contribution is 2.12. The summed E-state index contributed by atoms with van der Waals surface area (Å²) in [5, 5.41) is 9.60. The number of hydrogen-bond donors (Lipinski definition) is 2. The topological polar surface area (TPSA) is 54.8 Å². The van der Waals surface area contributed by atoms with Crippen LogP contribution in [-0.4, -0.2) is 4.57 Å². The number of nitrogens with zero attached hydrogens (tertiary/aromatic N) is 1. The lowest BCUT2D eigenvalue weighted by molar-refractivity contribution is 0.939. The molecule has 0 fully saturated rings. The van der Waals surface area contributed by atoms with Gasteiger partial charge in [-0.3, -0.25) is 9.98 Å². The zero-order valence-corrected chi connectivity index (χ0v) is 8.42. The third-order valence-corrected chi connectivity index (χ3v) is 2.76. The van der Waals surface area contributed by atoms with Crippen LogP contribution in [0.1, 0.15) is 5.56 Å². The molecule has 72 valence electrons. The maximum absolute atomic E-state index is 7.70. The Labute approximate surface area is 85.9 Å². The van der Waals surface area contributed by atoms with Crippen LogP contribution >= 0.6 is 11.3 Å². The van der Waals surface area contributed by atoms with Gasteiger partial charge in [0.15, 0.2) is 4.80 Å². The molecule has 3 N–H and O–H groups in total. The lowest BCUT2D eigenvalue weighted by Crippen LogP contribution is -2.13. The summed E-state index contributed by atoms with van der Waals surface area (Å²) in [6.07, 6.45) is 1.89. The number of para-hydroxylation sites is 1. The highest BCUT2D eigenvalue weighted by atomic mass is 32.1. The van der Waals surface area contributed by atoms with Crippen LogP contribution in [0.4, 0.5) is 0 Å². The molecule has 1 heterocycles. The van der Waals surface area contributed by atoms with Crippen LogP contribution in [-0.2, 0) is 6.54 Å². The molecule has 0 amide bonds. The average molecular weight is 205 g/mol. The SMILES string of the molecule is N=c1sccn1-c1ccccc1CN. The Morgan fingerprint density at radius 1 is 1.36 bits per heavy atom. The van der Waals surface area contributed by atoms with Crippen LogP contribution < -0.4 is 10.5 Å². The molecule has 0 spiro atoms. The van der Waals surface area contributed by atoms with E-state index in [1.54, 1.807) is 0 Å². The van der Waals surface area contributed by atoms with E-state index in [9.17, 15) is 0 Å². The van der Waals surface area contributed by atoms with Crippen LogP contribution in [0.3, 0.4) is 0 Å². The molecule has 1 aromatic carbocycles. The molecule has 0 unspecified atom stereocenters. The zero-order valence-electron chi connectivity index (χ0n) is 7.60. The first-order valence-corrected chi connectivity index (χ1v) is 5.20. The second-order valence-electron chi connectivity index (χ2n) is 2.91. The minimum atomic E-state index is 0.498. The largest absolute Gasteiger partial charge is 0.326 e. The van der Waals surface area contributed by atoms with Gasteiger partial charge in [-0.05, 0) is 11.6 Å². The van der Waals surface area contributed by atoms with Gasteiger partial charge in [0, 0.05) is 18.1 Å². The Bertz CT molecular complexity index is 484. The van der Waals surface area contributed by atoms with Gasteiger partial charge in [0.05, 0.1) is 5.69 Å². The van der Waals surface area contributed by atoms with E-state index in [4.69, 9.17) is 11.1 Å². The van der Waals surface area contributed by atoms with E-state index in [-0.39, 0.29) is 0 Å². The standard InChI is InChI=1S/C10H11N3S/c11-7-8-3-1-2-4-9(8)13-5-6-14-10(13)12/h1-6,12H,7,11H2. The summed E-state index contributed by atoms with van der Waals surface area (Å²) in [6.45, 7) is 0.498. The van der Waals surface area contributed by atoms with Crippen molar-refractivity contribution in [2.45, 2.75) is 6.54 Å². The molecule has 0 radical (unpaired) electrons. The van der Waals surface area contributed by atoms with Crippen molar-refractivity contribution in [1.82, 2.24) is 4.57 Å². The van der Waals surface area contributed by atoms with E-state index in [2.05, 4.69) is 0 Å². The quantitative estimate of drug-likeness (QED) is 0.766. The van der Waals surface area contributed by atoms with Gasteiger partial charge in [0.25, 0.3) is 0 Å². The van der Waals surface area contributed by atoms with E-state index < -0.39 is 0 Å². The number of aromatic nitrogens is 1. The number of rotatable bonds is 2. The number of nitrogens with one attached hydrogen (secondary N) is 1. The number of thiazole rings is 1. The molecule has 2 aromatic rings. The summed E-state index contributed by atoms with van der Waals surface area (Å²) in [4.78, 5) is 0.519. The second-order valence-corrected chi connectivity index (χ2v) is 3.81. The van der Waals surface area contributed by atoms with E-state index in [0.29, 0.717) is 11.3 Å². The summed E-state index contributed by atoms with van der Waals surface area (Å²) in [5.41, 5.74) is 7.70. The van der Waals surface area contributed by atoms with E-state index in [1.807, 2.05) is 40.4 Å². The van der Waals surface area contributed by atoms with Crippen molar-refractivity contribution in [1.29, 1.82) is 5.41 Å². The Morgan fingerprint density at radius 2 is 2.14 bits per heavy atom. The fourth-order valence-corrected chi connectivity index (χ4v) is 1.97. The molecule has 0 aliphatic heterocycles. The maximum atomic E-state index is 7.70. The monoisotopic (exact) mass is 205 g/mol. The fraction of sp³-hybridized carbons (Fsp3) is 0.100. The van der Waals surface area contributed by atoms with Crippen molar-refractivity contribution in [2.75, 3.05) is 0 Å². The van der Waals surface area contributed by atoms with Crippen LogP contribution in [0.15, 0.2) is 35.8 Å². The molecular weight excluding hydrogens is 194 g/mol. The Kier molecular flexibility index (Phi) is 2.47. The van der Waals surface area contributed by atoms with Gasteiger partial charge in [-0.15, -0.1) is 11.3 Å². The third-order valence-electron chi connectivity index (χ3n) is 2.08. The number of benzene rings is 1. The van der Waals surface area contributed by atoms with Gasteiger partial charge in [0.2, 0.25) is 0 Å². The maximum Gasteiger partial charge on any atom is 0.186 e. The van der Waals surface area contributed by atoms with Gasteiger partial charge in [-0.2, -0.15) is 0 Å². The van der Waals surface area contributed by atoms with Crippen molar-refractivity contribution in [3.8, 4) is 5.69 Å². The first-order chi connectivity index (χ1) is 6.83. The Hall–Kier alpha value is -1.39. The molecule has 0 atom stereocenters. The summed E-state index contributed by atoms with van der Waals surface area (Å²) in [6, 6.07) is 7.88. The summed E-state index contributed by atoms with van der Waals surface area (Å²) in [5.74, 6) is 0. The molecule has 0 saturated heterocycles. The fourth-order valence-electron chi connectivity index (χ4n) is 1.39. The number of nitrogens with two attached hydrogens (primary N) is 1. The molecule has 0 saturated carbocycles. The Morgan fingerprint density at radius 3 is 2.79 bits per heavy atom. The van der Waals surface area contributed by atoms with Crippen LogP contribution in [0, 0.1) is 5.41 Å². The summed E-state index contributed by atoms with van der Waals surface area (Å²) < 4.78 is 1.84. The number of hydrogen-bond acceptors (Lipinski definition) is 3.